The third kappa shape index (κ3) is 15.1. The first-order valence-corrected chi connectivity index (χ1v) is 25.9. The first-order chi connectivity index (χ1) is 38.8. The molecule has 0 atom stereocenters. The second-order valence-corrected chi connectivity index (χ2v) is 19.2. The predicted octanol–water partition coefficient (Wildman–Crippen LogP) is 8.11. The molecule has 0 fully saturated rings. The van der Waals surface area contributed by atoms with Crippen LogP contribution in [-0.4, -0.2) is 83.9 Å². The molecule has 4 aromatic heterocycles. The molecule has 0 aliphatic heterocycles. The van der Waals surface area contributed by atoms with E-state index < -0.39 is 23.6 Å². The van der Waals surface area contributed by atoms with Crippen LogP contribution in [-0.2, 0) is 39.3 Å². The monoisotopic (exact) mass is 1070 g/mol. The summed E-state index contributed by atoms with van der Waals surface area (Å²) in [6.45, 7) is 9.86. The Labute approximate surface area is 462 Å². The molecule has 4 heterocycles. The third-order valence-electron chi connectivity index (χ3n) is 12.8. The Morgan fingerprint density at radius 3 is 1.00 bits per heavy atom. The summed E-state index contributed by atoms with van der Waals surface area (Å²) < 4.78 is 21.2. The lowest BCUT2D eigenvalue weighted by Gasteiger charge is -2.12. The van der Waals surface area contributed by atoms with Gasteiger partial charge in [-0.2, -0.15) is 0 Å². The Morgan fingerprint density at radius 1 is 0.412 bits per heavy atom. The molecule has 80 heavy (non-hydrogen) atoms. The SMILES string of the molecule is COc1cc(-c2cn(CCOc3cc(C(=O)NCc4ccc(C)cc4)nc(C(=O)NCc4ccc(C)cc4)c3)nn2)cc(-c2cn(CCOc3cc(C(=O)NCc4ccc(C)cc4)nc(C(=O)NCc4ccc(C)cc4)c3)nn2)c1. The van der Waals surface area contributed by atoms with Crippen molar-refractivity contribution in [2.24, 2.45) is 0 Å². The summed E-state index contributed by atoms with van der Waals surface area (Å²) >= 11 is 0. The number of rotatable bonds is 23. The van der Waals surface area contributed by atoms with Crippen LogP contribution in [0.3, 0.4) is 0 Å². The highest BCUT2D eigenvalue weighted by Gasteiger charge is 2.19. The fourth-order valence-corrected chi connectivity index (χ4v) is 8.16. The minimum Gasteiger partial charge on any atom is -0.497 e. The van der Waals surface area contributed by atoms with Gasteiger partial charge in [-0.1, -0.05) is 130 Å². The number of aromatic nitrogens is 8. The zero-order valence-electron chi connectivity index (χ0n) is 45.0. The van der Waals surface area contributed by atoms with Gasteiger partial charge >= 0.3 is 0 Å². The zero-order chi connectivity index (χ0) is 56.0. The van der Waals surface area contributed by atoms with Gasteiger partial charge < -0.3 is 35.5 Å². The van der Waals surface area contributed by atoms with Crippen LogP contribution in [0.2, 0.25) is 0 Å². The summed E-state index contributed by atoms with van der Waals surface area (Å²) in [6.07, 6.45) is 3.54. The molecule has 19 heteroatoms. The van der Waals surface area contributed by atoms with Crippen molar-refractivity contribution in [2.75, 3.05) is 20.3 Å². The van der Waals surface area contributed by atoms with Crippen LogP contribution in [0.5, 0.6) is 17.2 Å². The van der Waals surface area contributed by atoms with E-state index in [0.29, 0.717) is 28.3 Å². The number of pyridine rings is 2. The van der Waals surface area contributed by atoms with Gasteiger partial charge in [0.25, 0.3) is 23.6 Å². The number of aryl methyl sites for hydroxylation is 4. The van der Waals surface area contributed by atoms with Gasteiger partial charge in [-0.15, -0.1) is 10.2 Å². The molecule has 0 saturated carbocycles. The lowest BCUT2D eigenvalue weighted by Crippen LogP contribution is -2.27. The lowest BCUT2D eigenvalue weighted by molar-refractivity contribution is 0.0924. The molecule has 0 saturated heterocycles. The number of nitrogens with one attached hydrogen (secondary N) is 4. The van der Waals surface area contributed by atoms with E-state index in [1.54, 1.807) is 28.9 Å². The summed E-state index contributed by atoms with van der Waals surface area (Å²) in [5.41, 5.74) is 10.7. The molecule has 19 nitrogen and oxygen atoms in total. The number of amides is 4. The standard InChI is InChI=1S/C61H60N12O7/c1-39-6-14-43(15-7-39)33-62-58(74)52-29-50(30-53(66-52)59(75)63-34-44-16-8-40(2)9-17-44)79-24-22-72-37-56(68-70-72)47-26-48(28-49(27-47)78-5)57-38-73(71-69-57)23-25-80-51-31-54(60(76)64-35-45-18-10-41(3)11-19-45)67-55(32-51)61(77)65-36-46-20-12-42(4)13-21-46/h6-21,26-32,37-38H,22-25,33-36H2,1-5H3,(H,62,74)(H,63,75)(H,64,76)(H,65,77). The number of carbonyl (C=O) groups excluding carboxylic acids is 4. The van der Waals surface area contributed by atoms with E-state index in [0.717, 1.165) is 44.5 Å². The molecule has 406 valence electrons. The summed E-state index contributed by atoms with van der Waals surface area (Å²) in [5, 5.41) is 29.1. The molecule has 4 amide bonds. The minimum atomic E-state index is -0.459. The Kier molecular flexibility index (Phi) is 17.7. The molecule has 0 radical (unpaired) electrons. The fourth-order valence-electron chi connectivity index (χ4n) is 8.16. The van der Waals surface area contributed by atoms with Gasteiger partial charge in [-0.3, -0.25) is 19.2 Å². The number of benzene rings is 5. The van der Waals surface area contributed by atoms with Crippen molar-refractivity contribution in [3.63, 3.8) is 0 Å². The Hall–Kier alpha value is -10.0. The summed E-state index contributed by atoms with van der Waals surface area (Å²) in [6, 6.07) is 42.9. The van der Waals surface area contributed by atoms with Crippen molar-refractivity contribution >= 4 is 23.6 Å². The van der Waals surface area contributed by atoms with Gasteiger partial charge in [0.1, 0.15) is 64.6 Å². The largest absolute Gasteiger partial charge is 0.497 e. The highest BCUT2D eigenvalue weighted by Crippen LogP contribution is 2.30. The predicted molar refractivity (Wildman–Crippen MR) is 300 cm³/mol. The highest BCUT2D eigenvalue weighted by atomic mass is 16.5. The number of ether oxygens (including phenoxy) is 3. The van der Waals surface area contributed by atoms with Crippen LogP contribution in [0.4, 0.5) is 0 Å². The minimum absolute atomic E-state index is 0.0300. The van der Waals surface area contributed by atoms with E-state index in [4.69, 9.17) is 14.2 Å². The summed E-state index contributed by atoms with van der Waals surface area (Å²) in [7, 11) is 1.57. The van der Waals surface area contributed by atoms with Crippen molar-refractivity contribution in [2.45, 2.75) is 67.0 Å². The van der Waals surface area contributed by atoms with E-state index in [-0.39, 0.29) is 86.8 Å². The average Bonchev–Trinajstić information content (AvgIpc) is 4.17. The summed E-state index contributed by atoms with van der Waals surface area (Å²) in [5.74, 6) is -0.722. The lowest BCUT2D eigenvalue weighted by atomic mass is 10.1. The molecule has 0 bridgehead atoms. The Balaban J connectivity index is 0.836. The van der Waals surface area contributed by atoms with Gasteiger partial charge in [0.15, 0.2) is 0 Å². The Bertz CT molecular complexity index is 3220. The highest BCUT2D eigenvalue weighted by molar-refractivity contribution is 5.98. The molecule has 4 N–H and O–H groups in total. The maximum Gasteiger partial charge on any atom is 0.270 e. The topological polar surface area (TPSA) is 231 Å². The van der Waals surface area contributed by atoms with Crippen molar-refractivity contribution < 1.29 is 33.4 Å². The molecular weight excluding hydrogens is 1010 g/mol. The number of carbonyl (C=O) groups is 4. The first kappa shape index (κ1) is 54.7. The molecule has 0 spiro atoms. The molecule has 5 aromatic carbocycles. The van der Waals surface area contributed by atoms with E-state index in [9.17, 15) is 19.2 Å². The van der Waals surface area contributed by atoms with Crippen molar-refractivity contribution in [1.29, 1.82) is 0 Å². The van der Waals surface area contributed by atoms with Crippen molar-refractivity contribution in [3.05, 3.63) is 219 Å². The normalized spacial score (nSPS) is 10.9. The smallest absolute Gasteiger partial charge is 0.270 e. The van der Waals surface area contributed by atoms with Crippen LogP contribution in [0.15, 0.2) is 152 Å². The quantitative estimate of drug-likeness (QED) is 0.0475. The molecule has 9 aromatic rings. The van der Waals surface area contributed by atoms with Crippen LogP contribution in [0, 0.1) is 27.7 Å². The Morgan fingerprint density at radius 2 is 0.713 bits per heavy atom. The van der Waals surface area contributed by atoms with Crippen molar-refractivity contribution in [1.82, 2.24) is 61.2 Å². The van der Waals surface area contributed by atoms with E-state index in [1.165, 1.54) is 24.3 Å². The van der Waals surface area contributed by atoms with E-state index in [2.05, 4.69) is 51.9 Å². The molecular formula is C61H60N12O7. The van der Waals surface area contributed by atoms with Crippen LogP contribution in [0.25, 0.3) is 22.5 Å². The second-order valence-electron chi connectivity index (χ2n) is 19.2. The number of hydrogen-bond donors (Lipinski definition) is 4. The van der Waals surface area contributed by atoms with Gasteiger partial charge in [-0.05, 0) is 68.1 Å². The molecule has 0 aliphatic rings. The maximum atomic E-state index is 13.4. The van der Waals surface area contributed by atoms with E-state index in [1.807, 2.05) is 143 Å². The number of nitrogens with zero attached hydrogens (tertiary/aromatic N) is 8. The number of hydrogen-bond acceptors (Lipinski definition) is 13. The molecule has 0 unspecified atom stereocenters. The molecule has 9 rings (SSSR count). The third-order valence-corrected chi connectivity index (χ3v) is 12.8. The van der Waals surface area contributed by atoms with Gasteiger partial charge in [0.05, 0.1) is 32.6 Å². The van der Waals surface area contributed by atoms with Gasteiger partial charge in [0, 0.05) is 61.6 Å². The first-order valence-electron chi connectivity index (χ1n) is 25.9. The van der Waals surface area contributed by atoms with E-state index >= 15 is 0 Å². The second kappa shape index (κ2) is 25.9. The van der Waals surface area contributed by atoms with Crippen LogP contribution < -0.4 is 35.5 Å². The number of methoxy groups -OCH3 is 1. The summed E-state index contributed by atoms with van der Waals surface area (Å²) in [4.78, 5) is 62.6. The van der Waals surface area contributed by atoms with Gasteiger partial charge in [0.2, 0.25) is 0 Å². The average molecular weight is 1070 g/mol. The molecule has 0 aliphatic carbocycles. The van der Waals surface area contributed by atoms with Crippen LogP contribution in [0.1, 0.15) is 86.5 Å². The zero-order valence-corrected chi connectivity index (χ0v) is 45.0. The van der Waals surface area contributed by atoms with Gasteiger partial charge in [-0.25, -0.2) is 19.3 Å². The maximum absolute atomic E-state index is 13.4. The van der Waals surface area contributed by atoms with Crippen LogP contribution >= 0.6 is 0 Å². The fraction of sp³-hybridized carbons (Fsp3) is 0.213. The van der Waals surface area contributed by atoms with Crippen molar-refractivity contribution in [3.8, 4) is 39.8 Å².